The van der Waals surface area contributed by atoms with E-state index in [4.69, 9.17) is 0 Å². The molecule has 0 saturated carbocycles. The van der Waals surface area contributed by atoms with Crippen LogP contribution in [-0.2, 0) is 6.54 Å². The number of aromatic nitrogens is 1. The molecular formula is C14H23N3. The number of piperidine rings is 1. The van der Waals surface area contributed by atoms with Crippen LogP contribution in [0.2, 0.25) is 0 Å². The van der Waals surface area contributed by atoms with E-state index in [1.807, 2.05) is 12.4 Å². The number of rotatable bonds is 4. The zero-order valence-corrected chi connectivity index (χ0v) is 10.9. The first-order valence-electron chi connectivity index (χ1n) is 6.56. The first kappa shape index (κ1) is 12.5. The molecule has 2 heterocycles. The smallest absolute Gasteiger partial charge is 0.0271 e. The zero-order chi connectivity index (χ0) is 12.1. The van der Waals surface area contributed by atoms with Gasteiger partial charge in [-0.25, -0.2) is 0 Å². The van der Waals surface area contributed by atoms with Crippen LogP contribution in [0, 0.1) is 5.92 Å². The minimum absolute atomic E-state index is 0.589. The van der Waals surface area contributed by atoms with Gasteiger partial charge in [0.2, 0.25) is 0 Å². The highest BCUT2D eigenvalue weighted by Crippen LogP contribution is 2.18. The minimum Gasteiger partial charge on any atom is -0.310 e. The lowest BCUT2D eigenvalue weighted by Gasteiger charge is -2.34. The Balaban J connectivity index is 1.79. The predicted molar refractivity (Wildman–Crippen MR) is 70.8 cm³/mol. The fourth-order valence-electron chi connectivity index (χ4n) is 2.56. The molecule has 94 valence electrons. The Morgan fingerprint density at radius 2 is 2.24 bits per heavy atom. The number of nitrogens with zero attached hydrogens (tertiary/aromatic N) is 2. The monoisotopic (exact) mass is 233 g/mol. The molecule has 1 saturated heterocycles. The number of hydrogen-bond donors (Lipinski definition) is 1. The third-order valence-corrected chi connectivity index (χ3v) is 3.75. The van der Waals surface area contributed by atoms with Crippen molar-refractivity contribution < 1.29 is 0 Å². The van der Waals surface area contributed by atoms with Gasteiger partial charge in [0.25, 0.3) is 0 Å². The summed E-state index contributed by atoms with van der Waals surface area (Å²) in [6, 6.07) is 4.74. The summed E-state index contributed by atoms with van der Waals surface area (Å²) in [7, 11) is 2.22. The van der Waals surface area contributed by atoms with Crippen molar-refractivity contribution >= 4 is 0 Å². The molecule has 17 heavy (non-hydrogen) atoms. The second-order valence-corrected chi connectivity index (χ2v) is 5.19. The first-order valence-corrected chi connectivity index (χ1v) is 6.56. The molecule has 1 aromatic rings. The highest BCUT2D eigenvalue weighted by molar-refractivity contribution is 5.09. The normalized spacial score (nSPS) is 23.5. The number of nitrogens with one attached hydrogen (secondary N) is 1. The van der Waals surface area contributed by atoms with Crippen molar-refractivity contribution in [2.24, 2.45) is 5.92 Å². The molecule has 2 rings (SSSR count). The summed E-state index contributed by atoms with van der Waals surface area (Å²) in [5.74, 6) is 0.788. The third kappa shape index (κ3) is 3.79. The van der Waals surface area contributed by atoms with E-state index in [-0.39, 0.29) is 0 Å². The molecule has 0 bridgehead atoms. The van der Waals surface area contributed by atoms with Crippen LogP contribution in [0.3, 0.4) is 0 Å². The molecule has 2 unspecified atom stereocenters. The first-order chi connectivity index (χ1) is 8.25. The molecule has 3 heteroatoms. The van der Waals surface area contributed by atoms with Gasteiger partial charge < -0.3 is 10.2 Å². The van der Waals surface area contributed by atoms with Crippen LogP contribution in [0.25, 0.3) is 0 Å². The van der Waals surface area contributed by atoms with E-state index in [2.05, 4.69) is 41.3 Å². The fourth-order valence-corrected chi connectivity index (χ4v) is 2.56. The van der Waals surface area contributed by atoms with Crippen molar-refractivity contribution in [1.82, 2.24) is 15.2 Å². The lowest BCUT2D eigenvalue weighted by molar-refractivity contribution is 0.178. The highest BCUT2D eigenvalue weighted by Gasteiger charge is 2.22. The van der Waals surface area contributed by atoms with Crippen LogP contribution in [0.1, 0.15) is 25.3 Å². The summed E-state index contributed by atoms with van der Waals surface area (Å²) in [6.07, 6.45) is 6.41. The van der Waals surface area contributed by atoms with Crippen LogP contribution in [0.4, 0.5) is 0 Å². The van der Waals surface area contributed by atoms with E-state index < -0.39 is 0 Å². The van der Waals surface area contributed by atoms with Crippen molar-refractivity contribution in [3.63, 3.8) is 0 Å². The van der Waals surface area contributed by atoms with E-state index in [0.717, 1.165) is 12.5 Å². The van der Waals surface area contributed by atoms with Gasteiger partial charge in [-0.3, -0.25) is 4.98 Å². The highest BCUT2D eigenvalue weighted by atomic mass is 15.1. The fraction of sp³-hybridized carbons (Fsp3) is 0.643. The summed E-state index contributed by atoms with van der Waals surface area (Å²) in [6.45, 7) is 5.74. The third-order valence-electron chi connectivity index (χ3n) is 3.75. The molecule has 0 amide bonds. The second-order valence-electron chi connectivity index (χ2n) is 5.19. The Morgan fingerprint density at radius 3 is 2.94 bits per heavy atom. The lowest BCUT2D eigenvalue weighted by Crippen LogP contribution is -2.42. The van der Waals surface area contributed by atoms with Crippen molar-refractivity contribution in [3.8, 4) is 0 Å². The van der Waals surface area contributed by atoms with Crippen LogP contribution < -0.4 is 5.32 Å². The van der Waals surface area contributed by atoms with E-state index in [0.29, 0.717) is 6.04 Å². The Morgan fingerprint density at radius 1 is 1.47 bits per heavy atom. The maximum absolute atomic E-state index is 4.04. The lowest BCUT2D eigenvalue weighted by atomic mass is 9.92. The number of likely N-dealkylation sites (tertiary alicyclic amines) is 1. The Bertz CT molecular complexity index is 325. The van der Waals surface area contributed by atoms with Gasteiger partial charge in [-0.05, 0) is 57.0 Å². The molecule has 1 N–H and O–H groups in total. The topological polar surface area (TPSA) is 28.2 Å². The van der Waals surface area contributed by atoms with Gasteiger partial charge in [0.05, 0.1) is 0 Å². The molecule has 1 aliphatic heterocycles. The van der Waals surface area contributed by atoms with Gasteiger partial charge >= 0.3 is 0 Å². The summed E-state index contributed by atoms with van der Waals surface area (Å²) >= 11 is 0. The summed E-state index contributed by atoms with van der Waals surface area (Å²) < 4.78 is 0. The molecule has 0 aromatic carbocycles. The van der Waals surface area contributed by atoms with Gasteiger partial charge in [0.1, 0.15) is 0 Å². The van der Waals surface area contributed by atoms with E-state index in [1.54, 1.807) is 0 Å². The zero-order valence-electron chi connectivity index (χ0n) is 10.9. The van der Waals surface area contributed by atoms with Gasteiger partial charge in [-0.15, -0.1) is 0 Å². The van der Waals surface area contributed by atoms with Crippen molar-refractivity contribution in [1.29, 1.82) is 0 Å². The molecule has 1 aromatic heterocycles. The SMILES string of the molecule is CC(NCc1ccncc1)C1CCCN(C)C1. The van der Waals surface area contributed by atoms with Gasteiger partial charge in [-0.2, -0.15) is 0 Å². The van der Waals surface area contributed by atoms with E-state index in [1.165, 1.54) is 31.5 Å². The van der Waals surface area contributed by atoms with Crippen molar-refractivity contribution in [3.05, 3.63) is 30.1 Å². The van der Waals surface area contributed by atoms with Crippen LogP contribution in [-0.4, -0.2) is 36.1 Å². The quantitative estimate of drug-likeness (QED) is 0.861. The molecule has 3 nitrogen and oxygen atoms in total. The summed E-state index contributed by atoms with van der Waals surface area (Å²) in [5.41, 5.74) is 1.32. The molecular weight excluding hydrogens is 210 g/mol. The molecule has 0 spiro atoms. The van der Waals surface area contributed by atoms with Gasteiger partial charge in [0, 0.05) is 31.5 Å². The van der Waals surface area contributed by atoms with E-state index in [9.17, 15) is 0 Å². The van der Waals surface area contributed by atoms with Crippen molar-refractivity contribution in [2.45, 2.75) is 32.4 Å². The van der Waals surface area contributed by atoms with Crippen LogP contribution >= 0.6 is 0 Å². The average Bonchev–Trinajstić information content (AvgIpc) is 2.37. The summed E-state index contributed by atoms with van der Waals surface area (Å²) in [5, 5.41) is 3.63. The molecule has 1 aliphatic rings. The molecule has 0 aliphatic carbocycles. The molecule has 0 radical (unpaired) electrons. The Labute approximate surface area is 104 Å². The summed E-state index contributed by atoms with van der Waals surface area (Å²) in [4.78, 5) is 6.48. The van der Waals surface area contributed by atoms with E-state index >= 15 is 0 Å². The Kier molecular flexibility index (Phi) is 4.51. The maximum Gasteiger partial charge on any atom is 0.0271 e. The predicted octanol–water partition coefficient (Wildman–Crippen LogP) is 1.90. The van der Waals surface area contributed by atoms with Crippen molar-refractivity contribution in [2.75, 3.05) is 20.1 Å². The van der Waals surface area contributed by atoms with Gasteiger partial charge in [-0.1, -0.05) is 0 Å². The van der Waals surface area contributed by atoms with Crippen LogP contribution in [0.5, 0.6) is 0 Å². The maximum atomic E-state index is 4.04. The number of pyridine rings is 1. The minimum atomic E-state index is 0.589. The van der Waals surface area contributed by atoms with Gasteiger partial charge in [0.15, 0.2) is 0 Å². The second kappa shape index (κ2) is 6.12. The largest absolute Gasteiger partial charge is 0.310 e. The number of hydrogen-bond acceptors (Lipinski definition) is 3. The standard InChI is InChI=1S/C14H23N3/c1-12(14-4-3-9-17(2)11-14)16-10-13-5-7-15-8-6-13/h5-8,12,14,16H,3-4,9-11H2,1-2H3. The molecule has 1 fully saturated rings. The molecule has 2 atom stereocenters. The Hall–Kier alpha value is -0.930. The van der Waals surface area contributed by atoms with Crippen LogP contribution in [0.15, 0.2) is 24.5 Å². The average molecular weight is 233 g/mol.